The normalized spacial score (nSPS) is 15.4. The van der Waals surface area contributed by atoms with Gasteiger partial charge in [-0.1, -0.05) is 32.9 Å². The molecule has 0 aromatic heterocycles. The van der Waals surface area contributed by atoms with Crippen molar-refractivity contribution in [2.75, 3.05) is 12.4 Å². The number of hydrogen-bond donors (Lipinski definition) is 1. The number of carbonyl (C=O) groups excluding carboxylic acids is 3. The Bertz CT molecular complexity index is 653. The first-order chi connectivity index (χ1) is 12.9. The Morgan fingerprint density at radius 2 is 1.54 bits per heavy atom. The number of carbonyl (C=O) groups is 3. The Labute approximate surface area is 165 Å². The van der Waals surface area contributed by atoms with Crippen LogP contribution in [-0.2, 0) is 38.7 Å². The highest BCUT2D eigenvalue weighted by atomic mass is 32.2. The molecule has 0 aromatic carbocycles. The van der Waals surface area contributed by atoms with Gasteiger partial charge < -0.3 is 14.2 Å². The summed E-state index contributed by atoms with van der Waals surface area (Å²) < 4.78 is 46.1. The van der Waals surface area contributed by atoms with E-state index in [-0.39, 0.29) is 6.42 Å². The van der Waals surface area contributed by atoms with Crippen LogP contribution in [-0.4, -0.2) is 55.4 Å². The number of ether oxygens (including phenoxy) is 3. The molecule has 160 valence electrons. The first kappa shape index (κ1) is 25.8. The van der Waals surface area contributed by atoms with Gasteiger partial charge in [0.15, 0.2) is 0 Å². The molecule has 0 heterocycles. The van der Waals surface area contributed by atoms with Gasteiger partial charge in [-0.25, -0.2) is 9.59 Å². The molecule has 0 aliphatic rings. The lowest BCUT2D eigenvalue weighted by Crippen LogP contribution is -2.53. The minimum atomic E-state index is -4.34. The second kappa shape index (κ2) is 11.6. The molecule has 1 N–H and O–H groups in total. The molecule has 0 fully saturated rings. The van der Waals surface area contributed by atoms with Crippen LogP contribution < -0.4 is 0 Å². The summed E-state index contributed by atoms with van der Waals surface area (Å²) in [6, 6.07) is 0. The van der Waals surface area contributed by atoms with Crippen LogP contribution in [0.15, 0.2) is 25.3 Å². The second-order valence-corrected chi connectivity index (χ2v) is 7.70. The Morgan fingerprint density at radius 1 is 1.07 bits per heavy atom. The van der Waals surface area contributed by atoms with Crippen molar-refractivity contribution in [1.82, 2.24) is 0 Å². The molecule has 0 rings (SSSR count). The lowest BCUT2D eigenvalue weighted by atomic mass is 9.73. The molecule has 9 nitrogen and oxygen atoms in total. The van der Waals surface area contributed by atoms with Crippen LogP contribution in [0.2, 0.25) is 0 Å². The zero-order valence-corrected chi connectivity index (χ0v) is 17.2. The summed E-state index contributed by atoms with van der Waals surface area (Å²) in [6.45, 7) is 10.7. The van der Waals surface area contributed by atoms with Gasteiger partial charge in [0, 0.05) is 12.2 Å². The van der Waals surface area contributed by atoms with Crippen molar-refractivity contribution in [2.24, 2.45) is 5.41 Å². The fraction of sp³-hybridized carbons (Fsp3) is 0.611. The van der Waals surface area contributed by atoms with Gasteiger partial charge in [-0.05, 0) is 20.3 Å². The van der Waals surface area contributed by atoms with Crippen LogP contribution in [0.5, 0.6) is 0 Å². The summed E-state index contributed by atoms with van der Waals surface area (Å²) in [5.74, 6) is -3.30. The predicted octanol–water partition coefficient (Wildman–Crippen LogP) is 1.83. The monoisotopic (exact) mass is 420 g/mol. The average Bonchev–Trinajstić information content (AvgIpc) is 2.60. The van der Waals surface area contributed by atoms with Gasteiger partial charge >= 0.3 is 17.9 Å². The molecular formula is C18H28O9S. The quantitative estimate of drug-likeness (QED) is 0.205. The maximum absolute atomic E-state index is 12.9. The molecular weight excluding hydrogens is 392 g/mol. The number of hydrogen-bond acceptors (Lipinski definition) is 8. The predicted molar refractivity (Wildman–Crippen MR) is 101 cm³/mol. The molecule has 0 spiro atoms. The third kappa shape index (κ3) is 7.81. The Balaban J connectivity index is 5.94. The standard InChI is InChI=1S/C18H28O9S/c1-6-9-10-18(13(4)26-15(19)7-2,14(5)27-16(20)8-3)17(21)25-11-12-28(22,23)24/h7-8,13-14H,2-3,6,9-12H2,1,4-5H3,(H,22,23,24). The summed E-state index contributed by atoms with van der Waals surface area (Å²) in [6.07, 6.45) is 0.969. The van der Waals surface area contributed by atoms with Gasteiger partial charge in [-0.3, -0.25) is 9.35 Å². The Kier molecular flexibility index (Phi) is 10.7. The molecule has 2 atom stereocenters. The van der Waals surface area contributed by atoms with Crippen LogP contribution in [0.25, 0.3) is 0 Å². The Morgan fingerprint density at radius 3 is 1.89 bits per heavy atom. The van der Waals surface area contributed by atoms with Gasteiger partial charge in [0.2, 0.25) is 0 Å². The van der Waals surface area contributed by atoms with Gasteiger partial charge in [0.05, 0.1) is 0 Å². The summed E-state index contributed by atoms with van der Waals surface area (Å²) in [7, 11) is -4.34. The van der Waals surface area contributed by atoms with Gasteiger partial charge in [-0.2, -0.15) is 8.42 Å². The maximum Gasteiger partial charge on any atom is 0.330 e. The maximum atomic E-state index is 12.9. The van der Waals surface area contributed by atoms with Crippen molar-refractivity contribution in [3.63, 3.8) is 0 Å². The van der Waals surface area contributed by atoms with Gasteiger partial charge in [0.25, 0.3) is 10.1 Å². The molecule has 0 radical (unpaired) electrons. The van der Waals surface area contributed by atoms with E-state index in [4.69, 9.17) is 18.8 Å². The molecule has 0 amide bonds. The van der Waals surface area contributed by atoms with E-state index in [2.05, 4.69) is 13.2 Å². The van der Waals surface area contributed by atoms with E-state index in [0.29, 0.717) is 12.8 Å². The first-order valence-corrected chi connectivity index (χ1v) is 10.3. The fourth-order valence-electron chi connectivity index (χ4n) is 2.67. The van der Waals surface area contributed by atoms with Crippen LogP contribution in [0, 0.1) is 5.41 Å². The van der Waals surface area contributed by atoms with Crippen molar-refractivity contribution in [2.45, 2.75) is 52.2 Å². The van der Waals surface area contributed by atoms with Crippen LogP contribution in [0.4, 0.5) is 0 Å². The largest absolute Gasteiger partial charge is 0.464 e. The lowest BCUT2D eigenvalue weighted by molar-refractivity contribution is -0.187. The molecule has 0 aromatic rings. The second-order valence-electron chi connectivity index (χ2n) is 6.13. The highest BCUT2D eigenvalue weighted by Gasteiger charge is 2.53. The third-order valence-electron chi connectivity index (χ3n) is 4.27. The minimum absolute atomic E-state index is 0.130. The number of unbranched alkanes of at least 4 members (excludes halogenated alkanes) is 1. The van der Waals surface area contributed by atoms with Crippen molar-refractivity contribution < 1.29 is 41.6 Å². The smallest absolute Gasteiger partial charge is 0.330 e. The summed E-state index contributed by atoms with van der Waals surface area (Å²) in [5, 5.41) is 0. The molecule has 0 bridgehead atoms. The van der Waals surface area contributed by atoms with Crippen molar-refractivity contribution in [3.8, 4) is 0 Å². The minimum Gasteiger partial charge on any atom is -0.464 e. The van der Waals surface area contributed by atoms with Gasteiger partial charge in [-0.15, -0.1) is 0 Å². The highest BCUT2D eigenvalue weighted by molar-refractivity contribution is 7.85. The van der Waals surface area contributed by atoms with E-state index < -0.39 is 58.0 Å². The van der Waals surface area contributed by atoms with Gasteiger partial charge in [0.1, 0.15) is 30.0 Å². The molecule has 0 aliphatic heterocycles. The number of rotatable bonds is 13. The third-order valence-corrected chi connectivity index (χ3v) is 4.95. The van der Waals surface area contributed by atoms with Crippen LogP contribution >= 0.6 is 0 Å². The molecule has 2 unspecified atom stereocenters. The van der Waals surface area contributed by atoms with E-state index in [0.717, 1.165) is 12.2 Å². The van der Waals surface area contributed by atoms with Crippen LogP contribution in [0.3, 0.4) is 0 Å². The first-order valence-electron chi connectivity index (χ1n) is 8.73. The zero-order chi connectivity index (χ0) is 22.0. The summed E-state index contributed by atoms with van der Waals surface area (Å²) >= 11 is 0. The van der Waals surface area contributed by atoms with E-state index in [1.165, 1.54) is 13.8 Å². The molecule has 0 aliphatic carbocycles. The molecule has 0 saturated heterocycles. The summed E-state index contributed by atoms with van der Waals surface area (Å²) in [5.41, 5.74) is -1.60. The van der Waals surface area contributed by atoms with E-state index in [9.17, 15) is 22.8 Å². The molecule has 10 heteroatoms. The van der Waals surface area contributed by atoms with Crippen molar-refractivity contribution in [1.29, 1.82) is 0 Å². The lowest BCUT2D eigenvalue weighted by Gasteiger charge is -2.39. The van der Waals surface area contributed by atoms with Crippen LogP contribution in [0.1, 0.15) is 40.0 Å². The topological polar surface area (TPSA) is 133 Å². The van der Waals surface area contributed by atoms with Crippen molar-refractivity contribution in [3.05, 3.63) is 25.3 Å². The zero-order valence-electron chi connectivity index (χ0n) is 16.4. The van der Waals surface area contributed by atoms with E-state index in [1.54, 1.807) is 0 Å². The van der Waals surface area contributed by atoms with E-state index >= 15 is 0 Å². The fourth-order valence-corrected chi connectivity index (χ4v) is 2.96. The Hall–Kier alpha value is -2.20. The average molecular weight is 420 g/mol. The SMILES string of the molecule is C=CC(=O)OC(C)C(CCCC)(C(=O)OCCS(=O)(=O)O)C(C)OC(=O)C=C. The van der Waals surface area contributed by atoms with E-state index in [1.807, 2.05) is 6.92 Å². The molecule has 0 saturated carbocycles. The number of esters is 3. The summed E-state index contributed by atoms with van der Waals surface area (Å²) in [4.78, 5) is 36.3. The van der Waals surface area contributed by atoms with Crippen molar-refractivity contribution >= 4 is 28.0 Å². The molecule has 28 heavy (non-hydrogen) atoms. The highest BCUT2D eigenvalue weighted by Crippen LogP contribution is 2.38.